The summed E-state index contributed by atoms with van der Waals surface area (Å²) in [6.07, 6.45) is -0.415. The van der Waals surface area contributed by atoms with Gasteiger partial charge in [0.1, 0.15) is 0 Å². The van der Waals surface area contributed by atoms with Gasteiger partial charge in [-0.3, -0.25) is 0 Å². The molecule has 1 heterocycles. The lowest BCUT2D eigenvalue weighted by Crippen LogP contribution is -2.23. The number of benzene rings is 1. The van der Waals surface area contributed by atoms with Crippen LogP contribution in [0, 0.1) is 5.92 Å². The van der Waals surface area contributed by atoms with Crippen molar-refractivity contribution >= 4 is 11.6 Å². The van der Waals surface area contributed by atoms with Crippen LogP contribution in [0.4, 0.5) is 8.78 Å². The van der Waals surface area contributed by atoms with Gasteiger partial charge in [0.2, 0.25) is 0 Å². The first-order valence-electron chi connectivity index (χ1n) is 5.78. The SMILES string of the molecule is FC(F)c1ccc(C2OCCCC2CCl)cc1. The van der Waals surface area contributed by atoms with Crippen LogP contribution in [-0.4, -0.2) is 12.5 Å². The van der Waals surface area contributed by atoms with Crippen LogP contribution in [0.3, 0.4) is 0 Å². The Bertz CT molecular complexity index is 353. The number of halogens is 3. The minimum absolute atomic E-state index is 0.0481. The van der Waals surface area contributed by atoms with E-state index in [1.807, 2.05) is 0 Å². The van der Waals surface area contributed by atoms with Crippen LogP contribution in [0.2, 0.25) is 0 Å². The normalized spacial score (nSPS) is 25.2. The van der Waals surface area contributed by atoms with Crippen LogP contribution in [0.15, 0.2) is 24.3 Å². The second-order valence-electron chi connectivity index (χ2n) is 4.32. The largest absolute Gasteiger partial charge is 0.373 e. The number of alkyl halides is 3. The van der Waals surface area contributed by atoms with Crippen LogP contribution < -0.4 is 0 Å². The van der Waals surface area contributed by atoms with Gasteiger partial charge in [-0.2, -0.15) is 0 Å². The molecule has 0 amide bonds. The fourth-order valence-corrected chi connectivity index (χ4v) is 2.52. The Balaban J connectivity index is 2.15. The Kier molecular flexibility index (Phi) is 4.35. The molecule has 1 aliphatic heterocycles. The molecule has 1 nitrogen and oxygen atoms in total. The highest BCUT2D eigenvalue weighted by Gasteiger charge is 2.26. The van der Waals surface area contributed by atoms with E-state index in [4.69, 9.17) is 16.3 Å². The smallest absolute Gasteiger partial charge is 0.263 e. The molecule has 0 N–H and O–H groups in total. The molecular formula is C13H15ClF2O. The molecule has 1 aromatic carbocycles. The van der Waals surface area contributed by atoms with Crippen molar-refractivity contribution in [1.82, 2.24) is 0 Å². The lowest BCUT2D eigenvalue weighted by molar-refractivity contribution is -0.0208. The summed E-state index contributed by atoms with van der Waals surface area (Å²) in [4.78, 5) is 0. The van der Waals surface area contributed by atoms with E-state index in [1.165, 1.54) is 12.1 Å². The Labute approximate surface area is 105 Å². The van der Waals surface area contributed by atoms with E-state index in [0.29, 0.717) is 12.5 Å². The average molecular weight is 261 g/mol. The van der Waals surface area contributed by atoms with Crippen molar-refractivity contribution in [3.8, 4) is 0 Å². The maximum Gasteiger partial charge on any atom is 0.263 e. The predicted octanol–water partition coefficient (Wildman–Crippen LogP) is 4.33. The van der Waals surface area contributed by atoms with E-state index in [2.05, 4.69) is 0 Å². The summed E-state index contributed by atoms with van der Waals surface area (Å²) in [6, 6.07) is 6.36. The van der Waals surface area contributed by atoms with Crippen molar-refractivity contribution in [2.75, 3.05) is 12.5 Å². The number of ether oxygens (including phenoxy) is 1. The highest BCUT2D eigenvalue weighted by molar-refractivity contribution is 6.18. The second kappa shape index (κ2) is 5.78. The molecule has 2 atom stereocenters. The third-order valence-electron chi connectivity index (χ3n) is 3.16. The molecule has 4 heteroatoms. The minimum atomic E-state index is -2.42. The topological polar surface area (TPSA) is 9.23 Å². The van der Waals surface area contributed by atoms with Gasteiger partial charge >= 0.3 is 0 Å². The summed E-state index contributed by atoms with van der Waals surface area (Å²) < 4.78 is 30.6. The van der Waals surface area contributed by atoms with E-state index in [1.54, 1.807) is 12.1 Å². The summed E-state index contributed by atoms with van der Waals surface area (Å²) in [5.41, 5.74) is 0.992. The lowest BCUT2D eigenvalue weighted by atomic mass is 9.90. The second-order valence-corrected chi connectivity index (χ2v) is 4.62. The third kappa shape index (κ3) is 2.96. The first kappa shape index (κ1) is 12.8. The molecule has 0 saturated carbocycles. The zero-order valence-electron chi connectivity index (χ0n) is 9.41. The standard InChI is InChI=1S/C13H15ClF2O/c14-8-11-2-1-7-17-12(11)9-3-5-10(6-4-9)13(15)16/h3-6,11-13H,1-2,7-8H2. The molecule has 2 rings (SSSR count). The van der Waals surface area contributed by atoms with E-state index >= 15 is 0 Å². The molecular weight excluding hydrogens is 246 g/mol. The first-order chi connectivity index (χ1) is 8.22. The molecule has 94 valence electrons. The molecule has 1 aliphatic rings. The summed E-state index contributed by atoms with van der Waals surface area (Å²) >= 11 is 5.91. The van der Waals surface area contributed by atoms with E-state index in [0.717, 1.165) is 18.4 Å². The van der Waals surface area contributed by atoms with Gasteiger partial charge in [0.25, 0.3) is 6.43 Å². The lowest BCUT2D eigenvalue weighted by Gasteiger charge is -2.30. The average Bonchev–Trinajstić information content (AvgIpc) is 2.39. The summed E-state index contributed by atoms with van der Waals surface area (Å²) in [6.45, 7) is 0.717. The highest BCUT2D eigenvalue weighted by atomic mass is 35.5. The zero-order valence-corrected chi connectivity index (χ0v) is 10.2. The number of hydrogen-bond donors (Lipinski definition) is 0. The van der Waals surface area contributed by atoms with E-state index in [-0.39, 0.29) is 17.6 Å². The minimum Gasteiger partial charge on any atom is -0.373 e. The Morgan fingerprint density at radius 3 is 2.59 bits per heavy atom. The fourth-order valence-electron chi connectivity index (χ4n) is 2.20. The van der Waals surface area contributed by atoms with Crippen LogP contribution in [0.5, 0.6) is 0 Å². The van der Waals surface area contributed by atoms with Gasteiger partial charge in [0, 0.05) is 24.0 Å². The summed E-state index contributed by atoms with van der Waals surface area (Å²) in [5.74, 6) is 0.823. The van der Waals surface area contributed by atoms with Crippen LogP contribution in [0.1, 0.15) is 36.5 Å². The van der Waals surface area contributed by atoms with E-state index in [9.17, 15) is 8.78 Å². The van der Waals surface area contributed by atoms with Gasteiger partial charge in [-0.1, -0.05) is 24.3 Å². The van der Waals surface area contributed by atoms with Gasteiger partial charge in [0.05, 0.1) is 6.10 Å². The predicted molar refractivity (Wildman–Crippen MR) is 63.5 cm³/mol. The molecule has 0 aliphatic carbocycles. The van der Waals surface area contributed by atoms with Crippen molar-refractivity contribution in [1.29, 1.82) is 0 Å². The Morgan fingerprint density at radius 1 is 1.29 bits per heavy atom. The zero-order chi connectivity index (χ0) is 12.3. The van der Waals surface area contributed by atoms with Crippen LogP contribution in [0.25, 0.3) is 0 Å². The van der Waals surface area contributed by atoms with Crippen molar-refractivity contribution in [2.24, 2.45) is 5.92 Å². The summed E-state index contributed by atoms with van der Waals surface area (Å²) in [5, 5.41) is 0. The maximum absolute atomic E-state index is 12.4. The van der Waals surface area contributed by atoms with Gasteiger partial charge < -0.3 is 4.74 Å². The molecule has 0 aromatic heterocycles. The van der Waals surface area contributed by atoms with Gasteiger partial charge in [-0.15, -0.1) is 11.6 Å². The molecule has 1 saturated heterocycles. The molecule has 0 spiro atoms. The quantitative estimate of drug-likeness (QED) is 0.735. The van der Waals surface area contributed by atoms with Crippen molar-refractivity contribution in [2.45, 2.75) is 25.4 Å². The fraction of sp³-hybridized carbons (Fsp3) is 0.538. The Morgan fingerprint density at radius 2 is 2.00 bits per heavy atom. The summed E-state index contributed by atoms with van der Waals surface area (Å²) in [7, 11) is 0. The molecule has 0 radical (unpaired) electrons. The van der Waals surface area contributed by atoms with Gasteiger partial charge in [-0.05, 0) is 18.4 Å². The molecule has 0 bridgehead atoms. The maximum atomic E-state index is 12.4. The van der Waals surface area contributed by atoms with Gasteiger partial charge in [-0.25, -0.2) is 8.78 Å². The van der Waals surface area contributed by atoms with Crippen molar-refractivity contribution in [3.63, 3.8) is 0 Å². The molecule has 1 aromatic rings. The monoisotopic (exact) mass is 260 g/mol. The third-order valence-corrected chi connectivity index (χ3v) is 3.56. The molecule has 1 fully saturated rings. The van der Waals surface area contributed by atoms with Crippen molar-refractivity contribution < 1.29 is 13.5 Å². The molecule has 17 heavy (non-hydrogen) atoms. The van der Waals surface area contributed by atoms with Crippen LogP contribution in [-0.2, 0) is 4.74 Å². The first-order valence-corrected chi connectivity index (χ1v) is 6.31. The number of rotatable bonds is 3. The highest BCUT2D eigenvalue weighted by Crippen LogP contribution is 2.34. The van der Waals surface area contributed by atoms with E-state index < -0.39 is 6.43 Å². The van der Waals surface area contributed by atoms with Crippen LogP contribution >= 0.6 is 11.6 Å². The Hall–Kier alpha value is -0.670. The number of hydrogen-bond acceptors (Lipinski definition) is 1. The van der Waals surface area contributed by atoms with Gasteiger partial charge in [0.15, 0.2) is 0 Å². The van der Waals surface area contributed by atoms with Crippen molar-refractivity contribution in [3.05, 3.63) is 35.4 Å². The molecule has 2 unspecified atom stereocenters.